The van der Waals surface area contributed by atoms with Crippen molar-refractivity contribution in [3.8, 4) is 5.75 Å². The number of carbonyl (C=O) groups excluding carboxylic acids is 1. The Kier molecular flexibility index (Phi) is 6.43. The number of anilines is 1. The number of halogens is 3. The second-order valence-corrected chi connectivity index (χ2v) is 6.16. The van der Waals surface area contributed by atoms with Crippen molar-refractivity contribution in [1.29, 1.82) is 0 Å². The van der Waals surface area contributed by atoms with Gasteiger partial charge in [-0.05, 0) is 42.9 Å². The molecule has 24 heavy (non-hydrogen) atoms. The molecule has 7 heteroatoms. The molecule has 0 aliphatic rings. The van der Waals surface area contributed by atoms with Gasteiger partial charge in [-0.15, -0.1) is 0 Å². The van der Waals surface area contributed by atoms with Crippen LogP contribution < -0.4 is 10.1 Å². The minimum absolute atomic E-state index is 0.132. The number of nitrogens with one attached hydrogen (secondary N) is 1. The SMILES string of the molecule is COc1ccc(CN(C)CC(=O)Nc2ccc(Cl)cc2Cl)cc1F. The fourth-order valence-corrected chi connectivity index (χ4v) is 2.66. The van der Waals surface area contributed by atoms with Crippen LogP contribution in [-0.2, 0) is 11.3 Å². The van der Waals surface area contributed by atoms with Crippen molar-refractivity contribution in [3.63, 3.8) is 0 Å². The maximum atomic E-state index is 13.7. The van der Waals surface area contributed by atoms with Crippen LogP contribution in [0.3, 0.4) is 0 Å². The van der Waals surface area contributed by atoms with Crippen molar-refractivity contribution in [2.45, 2.75) is 6.54 Å². The Bertz CT molecular complexity index is 741. The van der Waals surface area contributed by atoms with Crippen LogP contribution >= 0.6 is 23.2 Å². The first-order chi connectivity index (χ1) is 11.4. The van der Waals surface area contributed by atoms with E-state index in [4.69, 9.17) is 27.9 Å². The predicted octanol–water partition coefficient (Wildman–Crippen LogP) is 4.21. The van der Waals surface area contributed by atoms with Gasteiger partial charge in [0.1, 0.15) is 0 Å². The number of ether oxygens (including phenoxy) is 1. The van der Waals surface area contributed by atoms with Crippen LogP contribution in [0.15, 0.2) is 36.4 Å². The monoisotopic (exact) mass is 370 g/mol. The Morgan fingerprint density at radius 1 is 1.25 bits per heavy atom. The van der Waals surface area contributed by atoms with Gasteiger partial charge in [-0.3, -0.25) is 9.69 Å². The molecule has 4 nitrogen and oxygen atoms in total. The molecule has 1 N–H and O–H groups in total. The summed E-state index contributed by atoms with van der Waals surface area (Å²) >= 11 is 11.8. The number of amides is 1. The van der Waals surface area contributed by atoms with Crippen LogP contribution in [0.1, 0.15) is 5.56 Å². The molecular formula is C17H17Cl2FN2O2. The summed E-state index contributed by atoms with van der Waals surface area (Å²) < 4.78 is 18.6. The molecule has 0 saturated heterocycles. The molecule has 0 atom stereocenters. The summed E-state index contributed by atoms with van der Waals surface area (Å²) in [6, 6.07) is 9.55. The molecule has 128 valence electrons. The Morgan fingerprint density at radius 2 is 2.00 bits per heavy atom. The van der Waals surface area contributed by atoms with E-state index in [-0.39, 0.29) is 18.2 Å². The van der Waals surface area contributed by atoms with Crippen molar-refractivity contribution in [3.05, 3.63) is 57.8 Å². The van der Waals surface area contributed by atoms with E-state index in [0.717, 1.165) is 5.56 Å². The molecule has 0 aromatic heterocycles. The molecular weight excluding hydrogens is 354 g/mol. The third-order valence-corrected chi connectivity index (χ3v) is 3.84. The van der Waals surface area contributed by atoms with Crippen molar-refractivity contribution < 1.29 is 13.9 Å². The molecule has 2 aromatic carbocycles. The van der Waals surface area contributed by atoms with E-state index in [9.17, 15) is 9.18 Å². The van der Waals surface area contributed by atoms with Gasteiger partial charge in [0.2, 0.25) is 5.91 Å². The standard InChI is InChI=1S/C17H17Cl2FN2O2/c1-22(9-11-3-6-16(24-2)14(20)7-11)10-17(23)21-15-5-4-12(18)8-13(15)19/h3-8H,9-10H2,1-2H3,(H,21,23). The number of methoxy groups -OCH3 is 1. The number of nitrogens with zero attached hydrogens (tertiary/aromatic N) is 1. The zero-order chi connectivity index (χ0) is 17.7. The first-order valence-corrected chi connectivity index (χ1v) is 7.90. The second kappa shape index (κ2) is 8.33. The molecule has 0 radical (unpaired) electrons. The first-order valence-electron chi connectivity index (χ1n) is 7.15. The smallest absolute Gasteiger partial charge is 0.238 e. The zero-order valence-corrected chi connectivity index (χ0v) is 14.8. The lowest BCUT2D eigenvalue weighted by Crippen LogP contribution is -2.29. The average Bonchev–Trinajstić information content (AvgIpc) is 2.50. The van der Waals surface area contributed by atoms with Crippen LogP contribution in [-0.4, -0.2) is 31.5 Å². The number of likely N-dealkylation sites (N-methyl/N-ethyl adjacent to an activating group) is 1. The molecule has 0 heterocycles. The molecule has 2 rings (SSSR count). The van der Waals surface area contributed by atoms with Crippen molar-refractivity contribution in [1.82, 2.24) is 4.90 Å². The fourth-order valence-electron chi connectivity index (χ4n) is 2.20. The lowest BCUT2D eigenvalue weighted by atomic mass is 10.2. The van der Waals surface area contributed by atoms with Crippen LogP contribution in [0.2, 0.25) is 10.0 Å². The number of hydrogen-bond donors (Lipinski definition) is 1. The van der Waals surface area contributed by atoms with Crippen molar-refractivity contribution in [2.75, 3.05) is 26.0 Å². The number of carbonyl (C=O) groups is 1. The summed E-state index contributed by atoms with van der Waals surface area (Å²) in [5.74, 6) is -0.465. The third kappa shape index (κ3) is 5.09. The van der Waals surface area contributed by atoms with Gasteiger partial charge >= 0.3 is 0 Å². The summed E-state index contributed by atoms with van der Waals surface area (Å²) in [6.45, 7) is 0.551. The summed E-state index contributed by atoms with van der Waals surface area (Å²) in [5.41, 5.74) is 1.24. The van der Waals surface area contributed by atoms with Crippen LogP contribution in [0.4, 0.5) is 10.1 Å². The number of benzene rings is 2. The highest BCUT2D eigenvalue weighted by atomic mass is 35.5. The summed E-state index contributed by atoms with van der Waals surface area (Å²) in [5, 5.41) is 3.59. The maximum absolute atomic E-state index is 13.7. The van der Waals surface area contributed by atoms with Gasteiger partial charge in [-0.2, -0.15) is 0 Å². The summed E-state index contributed by atoms with van der Waals surface area (Å²) in [4.78, 5) is 13.8. The van der Waals surface area contributed by atoms with E-state index >= 15 is 0 Å². The Labute approximate surface area is 150 Å². The summed E-state index contributed by atoms with van der Waals surface area (Å²) in [6.07, 6.45) is 0. The molecule has 0 aliphatic carbocycles. The highest BCUT2D eigenvalue weighted by Crippen LogP contribution is 2.25. The highest BCUT2D eigenvalue weighted by molar-refractivity contribution is 6.36. The number of rotatable bonds is 6. The van der Waals surface area contributed by atoms with Crippen LogP contribution in [0, 0.1) is 5.82 Å². The minimum atomic E-state index is -0.430. The molecule has 0 aliphatic heterocycles. The van der Waals surface area contributed by atoms with E-state index in [1.54, 1.807) is 42.3 Å². The van der Waals surface area contributed by atoms with E-state index in [1.165, 1.54) is 13.2 Å². The van der Waals surface area contributed by atoms with Crippen molar-refractivity contribution in [2.24, 2.45) is 0 Å². The average molecular weight is 371 g/mol. The zero-order valence-electron chi connectivity index (χ0n) is 13.3. The molecule has 0 bridgehead atoms. The molecule has 0 unspecified atom stereocenters. The molecule has 0 saturated carbocycles. The Morgan fingerprint density at radius 3 is 2.62 bits per heavy atom. The van der Waals surface area contributed by atoms with E-state index in [0.29, 0.717) is 22.3 Å². The molecule has 2 aromatic rings. The highest BCUT2D eigenvalue weighted by Gasteiger charge is 2.11. The van der Waals surface area contributed by atoms with E-state index in [1.807, 2.05) is 0 Å². The van der Waals surface area contributed by atoms with E-state index in [2.05, 4.69) is 5.32 Å². The van der Waals surface area contributed by atoms with Gasteiger partial charge in [-0.25, -0.2) is 4.39 Å². The number of hydrogen-bond acceptors (Lipinski definition) is 3. The normalized spacial score (nSPS) is 10.8. The van der Waals surface area contributed by atoms with Gasteiger partial charge in [0.05, 0.1) is 24.4 Å². The van der Waals surface area contributed by atoms with Crippen LogP contribution in [0.5, 0.6) is 5.75 Å². The molecule has 0 fully saturated rings. The largest absolute Gasteiger partial charge is 0.494 e. The molecule has 0 spiro atoms. The minimum Gasteiger partial charge on any atom is -0.494 e. The quantitative estimate of drug-likeness (QED) is 0.827. The van der Waals surface area contributed by atoms with Gasteiger partial charge in [-0.1, -0.05) is 29.3 Å². The Balaban J connectivity index is 1.92. The fraction of sp³-hybridized carbons (Fsp3) is 0.235. The molecule has 1 amide bonds. The van der Waals surface area contributed by atoms with Gasteiger partial charge < -0.3 is 10.1 Å². The van der Waals surface area contributed by atoms with Gasteiger partial charge in [0, 0.05) is 11.6 Å². The van der Waals surface area contributed by atoms with Gasteiger partial charge in [0.15, 0.2) is 11.6 Å². The predicted molar refractivity (Wildman–Crippen MR) is 94.4 cm³/mol. The third-order valence-electron chi connectivity index (χ3n) is 3.29. The van der Waals surface area contributed by atoms with Crippen molar-refractivity contribution >= 4 is 34.8 Å². The maximum Gasteiger partial charge on any atom is 0.238 e. The topological polar surface area (TPSA) is 41.6 Å². The Hall–Kier alpha value is -1.82. The second-order valence-electron chi connectivity index (χ2n) is 5.31. The lowest BCUT2D eigenvalue weighted by Gasteiger charge is -2.17. The first kappa shape index (κ1) is 18.5. The van der Waals surface area contributed by atoms with E-state index < -0.39 is 5.82 Å². The summed E-state index contributed by atoms with van der Waals surface area (Å²) in [7, 11) is 3.18. The lowest BCUT2D eigenvalue weighted by molar-refractivity contribution is -0.117. The van der Waals surface area contributed by atoms with Gasteiger partial charge in [0.25, 0.3) is 0 Å². The van der Waals surface area contributed by atoms with Crippen LogP contribution in [0.25, 0.3) is 0 Å².